The molecular formula is C21H24N4O4. The fraction of sp³-hybridized carbons (Fsp3) is 0.238. The van der Waals surface area contributed by atoms with Crippen LogP contribution in [0.25, 0.3) is 0 Å². The maximum Gasteiger partial charge on any atom is 0.251 e. The van der Waals surface area contributed by atoms with E-state index >= 15 is 0 Å². The number of rotatable bonds is 9. The highest BCUT2D eigenvalue weighted by atomic mass is 16.5. The first-order valence-electron chi connectivity index (χ1n) is 9.14. The Morgan fingerprint density at radius 3 is 2.45 bits per heavy atom. The lowest BCUT2D eigenvalue weighted by Gasteiger charge is -2.14. The summed E-state index contributed by atoms with van der Waals surface area (Å²) in [6, 6.07) is 10.5. The maximum atomic E-state index is 12.4. The number of H-pyrrole nitrogens is 1. The summed E-state index contributed by atoms with van der Waals surface area (Å²) in [7, 11) is 3.09. The molecule has 0 unspecified atom stereocenters. The average Bonchev–Trinajstić information content (AvgIpc) is 3.27. The monoisotopic (exact) mass is 396 g/mol. The van der Waals surface area contributed by atoms with Crippen molar-refractivity contribution >= 4 is 5.91 Å². The van der Waals surface area contributed by atoms with Crippen LogP contribution >= 0.6 is 0 Å². The number of amides is 1. The first kappa shape index (κ1) is 20.2. The zero-order valence-corrected chi connectivity index (χ0v) is 16.4. The van der Waals surface area contributed by atoms with E-state index in [2.05, 4.69) is 15.3 Å². The first-order chi connectivity index (χ1) is 14.1. The molecule has 1 amide bonds. The van der Waals surface area contributed by atoms with Gasteiger partial charge in [0.25, 0.3) is 5.91 Å². The van der Waals surface area contributed by atoms with E-state index in [9.17, 15) is 4.79 Å². The molecule has 0 bridgehead atoms. The molecule has 3 aromatic rings. The number of methoxy groups -OCH3 is 2. The van der Waals surface area contributed by atoms with Crippen LogP contribution < -0.4 is 25.3 Å². The minimum atomic E-state index is -0.203. The summed E-state index contributed by atoms with van der Waals surface area (Å²) in [5.41, 5.74) is 7.07. The van der Waals surface area contributed by atoms with E-state index in [4.69, 9.17) is 19.9 Å². The number of carbonyl (C=O) groups is 1. The van der Waals surface area contributed by atoms with Crippen molar-refractivity contribution in [3.63, 3.8) is 0 Å². The third-order valence-electron chi connectivity index (χ3n) is 4.31. The quantitative estimate of drug-likeness (QED) is 0.513. The number of nitrogens with two attached hydrogens (primary N) is 1. The molecule has 0 fully saturated rings. The summed E-state index contributed by atoms with van der Waals surface area (Å²) < 4.78 is 16.7. The Kier molecular flexibility index (Phi) is 6.70. The third kappa shape index (κ3) is 5.05. The molecule has 0 saturated heterocycles. The van der Waals surface area contributed by atoms with Gasteiger partial charge in [-0.05, 0) is 35.9 Å². The summed E-state index contributed by atoms with van der Waals surface area (Å²) in [5.74, 6) is 2.62. The lowest BCUT2D eigenvalue weighted by molar-refractivity contribution is 0.0953. The predicted molar refractivity (Wildman–Crippen MR) is 109 cm³/mol. The number of hydrogen-bond donors (Lipinski definition) is 3. The molecule has 0 radical (unpaired) electrons. The number of hydrogen-bond acceptors (Lipinski definition) is 6. The van der Waals surface area contributed by atoms with Crippen molar-refractivity contribution in [3.8, 4) is 23.0 Å². The fourth-order valence-corrected chi connectivity index (χ4v) is 2.77. The highest BCUT2D eigenvalue weighted by Crippen LogP contribution is 2.37. The molecule has 1 aromatic heterocycles. The number of benzene rings is 2. The van der Waals surface area contributed by atoms with E-state index in [-0.39, 0.29) is 5.91 Å². The van der Waals surface area contributed by atoms with Gasteiger partial charge in [0.1, 0.15) is 5.82 Å². The minimum Gasteiger partial charge on any atom is -0.493 e. The Morgan fingerprint density at radius 2 is 1.79 bits per heavy atom. The van der Waals surface area contributed by atoms with Crippen LogP contribution in [0.3, 0.4) is 0 Å². The molecule has 4 N–H and O–H groups in total. The van der Waals surface area contributed by atoms with E-state index in [1.165, 1.54) is 7.11 Å². The first-order valence-corrected chi connectivity index (χ1v) is 9.14. The second kappa shape index (κ2) is 9.61. The number of nitrogens with one attached hydrogen (secondary N) is 2. The molecule has 0 saturated carbocycles. The molecular weight excluding hydrogens is 372 g/mol. The number of aromatic nitrogens is 2. The molecule has 2 aromatic carbocycles. The number of nitrogens with zero attached hydrogens (tertiary/aromatic N) is 1. The van der Waals surface area contributed by atoms with Crippen LogP contribution in [0.5, 0.6) is 23.0 Å². The van der Waals surface area contributed by atoms with Crippen molar-refractivity contribution in [2.45, 2.75) is 13.0 Å². The fourth-order valence-electron chi connectivity index (χ4n) is 2.77. The van der Waals surface area contributed by atoms with Gasteiger partial charge in [0, 0.05) is 37.5 Å². The Labute approximate surface area is 169 Å². The minimum absolute atomic E-state index is 0.203. The number of imidazole rings is 1. The zero-order chi connectivity index (χ0) is 20.6. The van der Waals surface area contributed by atoms with Crippen LogP contribution in [0.15, 0.2) is 48.8 Å². The second-order valence-corrected chi connectivity index (χ2v) is 6.20. The standard InChI is InChI=1S/C21H24N4O4/c1-27-18-11-14(13-22)3-5-16(18)29-17-6-4-15(12-19(17)28-2)21(26)25-8-7-20-23-9-10-24-20/h3-6,9-12H,7-8,13,22H2,1-2H3,(H,23,24)(H,25,26). The van der Waals surface area contributed by atoms with Crippen molar-refractivity contribution in [2.24, 2.45) is 5.73 Å². The molecule has 3 rings (SSSR count). The molecule has 1 heterocycles. The van der Waals surface area contributed by atoms with E-state index in [0.29, 0.717) is 48.1 Å². The molecule has 8 nitrogen and oxygen atoms in total. The van der Waals surface area contributed by atoms with E-state index in [1.807, 2.05) is 12.1 Å². The Morgan fingerprint density at radius 1 is 1.07 bits per heavy atom. The van der Waals surface area contributed by atoms with Gasteiger partial charge in [-0.3, -0.25) is 4.79 Å². The van der Waals surface area contributed by atoms with Crippen molar-refractivity contribution in [3.05, 3.63) is 65.7 Å². The zero-order valence-electron chi connectivity index (χ0n) is 16.4. The number of ether oxygens (including phenoxy) is 3. The van der Waals surface area contributed by atoms with Gasteiger partial charge in [0.15, 0.2) is 23.0 Å². The van der Waals surface area contributed by atoms with Crippen LogP contribution in [0, 0.1) is 0 Å². The molecule has 29 heavy (non-hydrogen) atoms. The lowest BCUT2D eigenvalue weighted by atomic mass is 10.1. The Hall–Kier alpha value is -3.52. The van der Waals surface area contributed by atoms with Crippen molar-refractivity contribution < 1.29 is 19.0 Å². The summed E-state index contributed by atoms with van der Waals surface area (Å²) in [6.07, 6.45) is 4.05. The second-order valence-electron chi connectivity index (χ2n) is 6.20. The number of aromatic amines is 1. The summed E-state index contributed by atoms with van der Waals surface area (Å²) in [4.78, 5) is 19.5. The summed E-state index contributed by atoms with van der Waals surface area (Å²) in [5, 5.41) is 2.86. The Balaban J connectivity index is 1.70. The van der Waals surface area contributed by atoms with E-state index in [1.54, 1.807) is 43.8 Å². The van der Waals surface area contributed by atoms with E-state index in [0.717, 1.165) is 11.4 Å². The van der Waals surface area contributed by atoms with Gasteiger partial charge < -0.3 is 30.2 Å². The van der Waals surface area contributed by atoms with Crippen LogP contribution in [0.2, 0.25) is 0 Å². The van der Waals surface area contributed by atoms with Crippen LogP contribution in [0.1, 0.15) is 21.7 Å². The van der Waals surface area contributed by atoms with Gasteiger partial charge in [0.05, 0.1) is 14.2 Å². The molecule has 0 aliphatic heterocycles. The molecule has 152 valence electrons. The molecule has 8 heteroatoms. The highest BCUT2D eigenvalue weighted by Gasteiger charge is 2.14. The van der Waals surface area contributed by atoms with Gasteiger partial charge in [-0.15, -0.1) is 0 Å². The van der Waals surface area contributed by atoms with Gasteiger partial charge in [-0.25, -0.2) is 4.98 Å². The average molecular weight is 396 g/mol. The SMILES string of the molecule is COc1cc(CN)ccc1Oc1ccc(C(=O)NCCc2ncc[nH]2)cc1OC. The maximum absolute atomic E-state index is 12.4. The van der Waals surface area contributed by atoms with Crippen LogP contribution in [0.4, 0.5) is 0 Å². The molecule has 0 atom stereocenters. The Bertz CT molecular complexity index is 957. The van der Waals surface area contributed by atoms with Gasteiger partial charge in [-0.1, -0.05) is 6.07 Å². The summed E-state index contributed by atoms with van der Waals surface area (Å²) >= 11 is 0. The lowest BCUT2D eigenvalue weighted by Crippen LogP contribution is -2.25. The van der Waals surface area contributed by atoms with Crippen LogP contribution in [-0.2, 0) is 13.0 Å². The predicted octanol–water partition coefficient (Wildman–Crippen LogP) is 2.65. The van der Waals surface area contributed by atoms with Crippen molar-refractivity contribution in [2.75, 3.05) is 20.8 Å². The largest absolute Gasteiger partial charge is 0.493 e. The normalized spacial score (nSPS) is 10.4. The van der Waals surface area contributed by atoms with Crippen molar-refractivity contribution in [1.29, 1.82) is 0 Å². The topological polar surface area (TPSA) is 111 Å². The van der Waals surface area contributed by atoms with Gasteiger partial charge in [0.2, 0.25) is 0 Å². The number of carbonyl (C=O) groups excluding carboxylic acids is 1. The third-order valence-corrected chi connectivity index (χ3v) is 4.31. The van der Waals surface area contributed by atoms with Crippen molar-refractivity contribution in [1.82, 2.24) is 15.3 Å². The smallest absolute Gasteiger partial charge is 0.251 e. The van der Waals surface area contributed by atoms with E-state index < -0.39 is 0 Å². The van der Waals surface area contributed by atoms with Gasteiger partial charge >= 0.3 is 0 Å². The molecule has 0 spiro atoms. The summed E-state index contributed by atoms with van der Waals surface area (Å²) in [6.45, 7) is 0.876. The highest BCUT2D eigenvalue weighted by molar-refractivity contribution is 5.94. The molecule has 0 aliphatic rings. The van der Waals surface area contributed by atoms with Crippen LogP contribution in [-0.4, -0.2) is 36.6 Å². The van der Waals surface area contributed by atoms with Gasteiger partial charge in [-0.2, -0.15) is 0 Å². The molecule has 0 aliphatic carbocycles.